The number of H-pyrrole nitrogens is 1. The van der Waals surface area contributed by atoms with E-state index in [0.29, 0.717) is 41.0 Å². The molecule has 2 atom stereocenters. The van der Waals surface area contributed by atoms with E-state index < -0.39 is 23.9 Å². The molecular weight excluding hydrogens is 441 g/mol. The van der Waals surface area contributed by atoms with Crippen molar-refractivity contribution in [2.75, 3.05) is 20.1 Å². The van der Waals surface area contributed by atoms with Crippen LogP contribution in [0, 0.1) is 0 Å². The Morgan fingerprint density at radius 1 is 1.09 bits per heavy atom. The fourth-order valence-electron chi connectivity index (χ4n) is 4.79. The molecule has 5 heterocycles. The summed E-state index contributed by atoms with van der Waals surface area (Å²) >= 11 is 1.52. The van der Waals surface area contributed by atoms with Crippen LogP contribution in [-0.4, -0.2) is 58.0 Å². The Balaban J connectivity index is 1.61. The van der Waals surface area contributed by atoms with Crippen LogP contribution in [-0.2, 0) is 9.59 Å². The second kappa shape index (κ2) is 7.57. The van der Waals surface area contributed by atoms with Crippen LogP contribution >= 0.6 is 11.3 Å². The smallest absolute Gasteiger partial charge is 0.261 e. The number of aromatic amines is 1. The molecule has 7 nitrogen and oxygen atoms in total. The van der Waals surface area contributed by atoms with Crippen LogP contribution in [0.1, 0.15) is 29.4 Å². The number of rotatable bonds is 3. The number of aromatic nitrogens is 3. The molecule has 6 rings (SSSR count). The topological polar surface area (TPSA) is 91.0 Å². The first kappa shape index (κ1) is 20.2. The number of alkyl halides is 1. The van der Waals surface area contributed by atoms with Crippen LogP contribution in [0.15, 0.2) is 41.9 Å². The minimum Gasteiger partial charge on any atom is -0.352 e. The second-order valence-electron chi connectivity index (χ2n) is 8.52. The zero-order valence-corrected chi connectivity index (χ0v) is 18.6. The third kappa shape index (κ3) is 3.19. The molecule has 2 N–H and O–H groups in total. The number of carbonyl (C=O) groups excluding carboxylic acids is 2. The zero-order valence-electron chi connectivity index (χ0n) is 17.8. The first-order valence-electron chi connectivity index (χ1n) is 10.8. The summed E-state index contributed by atoms with van der Waals surface area (Å²) < 4.78 is 15.0. The molecule has 2 aliphatic heterocycles. The Morgan fingerprint density at radius 2 is 1.91 bits per heavy atom. The maximum Gasteiger partial charge on any atom is 0.261 e. The third-order valence-electron chi connectivity index (χ3n) is 6.44. The molecule has 0 radical (unpaired) electrons. The summed E-state index contributed by atoms with van der Waals surface area (Å²) in [5.41, 5.74) is 2.12. The fourth-order valence-corrected chi connectivity index (χ4v) is 5.56. The largest absolute Gasteiger partial charge is 0.352 e. The molecule has 0 saturated carbocycles. The van der Waals surface area contributed by atoms with Crippen LogP contribution in [0.4, 0.5) is 4.39 Å². The molecule has 3 aromatic heterocycles. The molecule has 2 unspecified atom stereocenters. The molecule has 0 bridgehead atoms. The molecular formula is C24H20FN5O2S. The number of carbonyl (C=O) groups is 2. The van der Waals surface area contributed by atoms with Crippen LogP contribution in [0.25, 0.3) is 32.3 Å². The van der Waals surface area contributed by atoms with E-state index in [1.807, 2.05) is 47.7 Å². The molecule has 9 heteroatoms. The first-order chi connectivity index (χ1) is 16.0. The standard InChI is InChI=1S/C24H20FN5O2S/c1-30-8-6-13(16(25)11-30)21-27-17-5-3-2-4-14(17)20(28-21)19-18(22(31)29-23(19)32)15-10-26-24-12(15)7-9-33-24/h2-5,7,9-10,13,16,26H,6,8,11H2,1H3,(H,29,31,32). The predicted octanol–water partition coefficient (Wildman–Crippen LogP) is 3.50. The Hall–Kier alpha value is -3.43. The minimum absolute atomic E-state index is 0.204. The van der Waals surface area contributed by atoms with Crippen molar-refractivity contribution < 1.29 is 14.0 Å². The molecule has 0 aliphatic carbocycles. The lowest BCUT2D eigenvalue weighted by molar-refractivity contribution is -0.122. The zero-order chi connectivity index (χ0) is 22.7. The van der Waals surface area contributed by atoms with Gasteiger partial charge in [-0.1, -0.05) is 18.2 Å². The summed E-state index contributed by atoms with van der Waals surface area (Å²) in [6.07, 6.45) is 1.22. The van der Waals surface area contributed by atoms with Crippen molar-refractivity contribution >= 4 is 55.4 Å². The minimum atomic E-state index is -1.11. The quantitative estimate of drug-likeness (QED) is 0.456. The predicted molar refractivity (Wildman–Crippen MR) is 125 cm³/mol. The Labute approximate surface area is 192 Å². The molecule has 2 aliphatic rings. The van der Waals surface area contributed by atoms with Gasteiger partial charge in [0.25, 0.3) is 11.8 Å². The number of hydrogen-bond acceptors (Lipinski definition) is 6. The van der Waals surface area contributed by atoms with Crippen molar-refractivity contribution in [3.8, 4) is 0 Å². The van der Waals surface area contributed by atoms with Crippen LogP contribution < -0.4 is 5.32 Å². The highest BCUT2D eigenvalue weighted by Crippen LogP contribution is 2.38. The number of nitrogens with zero attached hydrogens (tertiary/aromatic N) is 3. The Morgan fingerprint density at radius 3 is 2.76 bits per heavy atom. The molecule has 33 heavy (non-hydrogen) atoms. The lowest BCUT2D eigenvalue weighted by atomic mass is 9.93. The van der Waals surface area contributed by atoms with E-state index in [1.165, 1.54) is 11.3 Å². The fraction of sp³-hybridized carbons (Fsp3) is 0.250. The number of fused-ring (bicyclic) bond motifs is 2. The van der Waals surface area contributed by atoms with Gasteiger partial charge in [-0.05, 0) is 37.5 Å². The van der Waals surface area contributed by atoms with Gasteiger partial charge in [0.1, 0.15) is 16.8 Å². The number of benzene rings is 1. The second-order valence-corrected chi connectivity index (χ2v) is 9.44. The number of para-hydroxylation sites is 1. The summed E-state index contributed by atoms with van der Waals surface area (Å²) in [5.74, 6) is -1.06. The maximum atomic E-state index is 15.0. The average Bonchev–Trinajstić information content (AvgIpc) is 3.48. The Bertz CT molecular complexity index is 1470. The summed E-state index contributed by atoms with van der Waals surface area (Å²) in [4.78, 5) is 41.5. The van der Waals surface area contributed by atoms with E-state index in [-0.39, 0.29) is 11.1 Å². The summed E-state index contributed by atoms with van der Waals surface area (Å²) in [5, 5.41) is 5.89. The molecule has 1 saturated heterocycles. The summed E-state index contributed by atoms with van der Waals surface area (Å²) in [6, 6.07) is 9.26. The van der Waals surface area contributed by atoms with Crippen molar-refractivity contribution in [1.29, 1.82) is 0 Å². The number of piperidine rings is 1. The van der Waals surface area contributed by atoms with Gasteiger partial charge in [-0.3, -0.25) is 14.9 Å². The van der Waals surface area contributed by atoms with Gasteiger partial charge in [0.15, 0.2) is 0 Å². The lowest BCUT2D eigenvalue weighted by Crippen LogP contribution is -2.39. The highest BCUT2D eigenvalue weighted by atomic mass is 32.1. The molecule has 166 valence electrons. The monoisotopic (exact) mass is 461 g/mol. The summed E-state index contributed by atoms with van der Waals surface area (Å²) in [6.45, 7) is 1.05. The first-order valence-corrected chi connectivity index (χ1v) is 11.6. The van der Waals surface area contributed by atoms with Gasteiger partial charge in [-0.25, -0.2) is 14.4 Å². The molecule has 1 aromatic carbocycles. The van der Waals surface area contributed by atoms with E-state index in [4.69, 9.17) is 4.98 Å². The van der Waals surface area contributed by atoms with Gasteiger partial charge in [-0.15, -0.1) is 11.3 Å². The SMILES string of the molecule is CN1CCC(c2nc(C3=C(c4c[nH]c5sccc45)C(=O)NC3=O)c3ccccc3n2)C(F)C1. The molecule has 2 amide bonds. The number of thiophene rings is 1. The summed E-state index contributed by atoms with van der Waals surface area (Å²) in [7, 11) is 1.89. The van der Waals surface area contributed by atoms with E-state index in [2.05, 4.69) is 15.3 Å². The van der Waals surface area contributed by atoms with Crippen molar-refractivity contribution in [3.63, 3.8) is 0 Å². The third-order valence-corrected chi connectivity index (χ3v) is 7.28. The van der Waals surface area contributed by atoms with Crippen molar-refractivity contribution in [3.05, 3.63) is 59.0 Å². The number of amides is 2. The highest BCUT2D eigenvalue weighted by Gasteiger charge is 2.37. The number of nitrogens with one attached hydrogen (secondary N) is 2. The van der Waals surface area contributed by atoms with Crippen LogP contribution in [0.3, 0.4) is 0 Å². The molecule has 4 aromatic rings. The van der Waals surface area contributed by atoms with Gasteiger partial charge in [0, 0.05) is 29.1 Å². The normalized spacial score (nSPS) is 22.0. The van der Waals surface area contributed by atoms with Crippen molar-refractivity contribution in [1.82, 2.24) is 25.2 Å². The van der Waals surface area contributed by atoms with E-state index >= 15 is 4.39 Å². The van der Waals surface area contributed by atoms with Crippen molar-refractivity contribution in [2.45, 2.75) is 18.5 Å². The maximum absolute atomic E-state index is 15.0. The number of halogens is 1. The van der Waals surface area contributed by atoms with E-state index in [0.717, 1.165) is 16.8 Å². The van der Waals surface area contributed by atoms with Gasteiger partial charge in [0.05, 0.1) is 28.3 Å². The van der Waals surface area contributed by atoms with Gasteiger partial charge < -0.3 is 9.88 Å². The highest BCUT2D eigenvalue weighted by molar-refractivity contribution is 7.16. The number of hydrogen-bond donors (Lipinski definition) is 2. The molecule has 1 fully saturated rings. The average molecular weight is 462 g/mol. The van der Waals surface area contributed by atoms with Crippen LogP contribution in [0.5, 0.6) is 0 Å². The Kier molecular flexibility index (Phi) is 4.63. The lowest BCUT2D eigenvalue weighted by Gasteiger charge is -2.31. The molecule has 0 spiro atoms. The van der Waals surface area contributed by atoms with Crippen molar-refractivity contribution in [2.24, 2.45) is 0 Å². The van der Waals surface area contributed by atoms with Gasteiger partial charge in [-0.2, -0.15) is 0 Å². The van der Waals surface area contributed by atoms with Crippen LogP contribution in [0.2, 0.25) is 0 Å². The van der Waals surface area contributed by atoms with Gasteiger partial charge >= 0.3 is 0 Å². The van der Waals surface area contributed by atoms with E-state index in [1.54, 1.807) is 6.20 Å². The number of likely N-dealkylation sites (tertiary alicyclic amines) is 1. The van der Waals surface area contributed by atoms with E-state index in [9.17, 15) is 9.59 Å². The van der Waals surface area contributed by atoms with Gasteiger partial charge in [0.2, 0.25) is 0 Å². The number of imide groups is 1.